The molecule has 0 unspecified atom stereocenters. The van der Waals surface area contributed by atoms with Crippen LogP contribution in [0.25, 0.3) is 0 Å². The first-order chi connectivity index (χ1) is 9.85. The lowest BCUT2D eigenvalue weighted by Crippen LogP contribution is -2.38. The lowest BCUT2D eigenvalue weighted by molar-refractivity contribution is 0.170. The third-order valence-corrected chi connectivity index (χ3v) is 5.05. The molecule has 108 valence electrons. The second kappa shape index (κ2) is 4.93. The molecule has 1 spiro atoms. The zero-order valence-corrected chi connectivity index (χ0v) is 11.9. The molecule has 3 aliphatic rings. The number of benzene rings is 1. The fraction of sp³-hybridized carbons (Fsp3) is 0.625. The van der Waals surface area contributed by atoms with E-state index < -0.39 is 0 Å². The fourth-order valence-corrected chi connectivity index (χ4v) is 3.88. The molecule has 1 aromatic carbocycles. The highest BCUT2D eigenvalue weighted by Gasteiger charge is 2.38. The molecule has 0 amide bonds. The van der Waals surface area contributed by atoms with Gasteiger partial charge in [0, 0.05) is 18.7 Å². The first kappa shape index (κ1) is 12.5. The maximum atomic E-state index is 5.62. The van der Waals surface area contributed by atoms with Crippen LogP contribution in [0.4, 0.5) is 0 Å². The summed E-state index contributed by atoms with van der Waals surface area (Å²) in [6.45, 7) is 6.17. The van der Waals surface area contributed by atoms with Gasteiger partial charge in [-0.15, -0.1) is 0 Å². The SMILES string of the molecule is c1cc(CN2CCC3(CCNCC3)C2)c2c(c1)OCO2. The molecule has 1 N–H and O–H groups in total. The second-order valence-corrected chi connectivity index (χ2v) is 6.36. The van der Waals surface area contributed by atoms with Crippen molar-refractivity contribution in [3.63, 3.8) is 0 Å². The van der Waals surface area contributed by atoms with E-state index in [-0.39, 0.29) is 0 Å². The summed E-state index contributed by atoms with van der Waals surface area (Å²) in [5, 5.41) is 3.48. The first-order valence-corrected chi connectivity index (χ1v) is 7.65. The van der Waals surface area contributed by atoms with Crippen molar-refractivity contribution in [1.82, 2.24) is 10.2 Å². The van der Waals surface area contributed by atoms with E-state index in [1.807, 2.05) is 6.07 Å². The maximum absolute atomic E-state index is 5.62. The zero-order valence-electron chi connectivity index (χ0n) is 11.9. The van der Waals surface area contributed by atoms with Gasteiger partial charge in [0.25, 0.3) is 0 Å². The predicted molar refractivity (Wildman–Crippen MR) is 77.0 cm³/mol. The van der Waals surface area contributed by atoms with Crippen molar-refractivity contribution in [3.8, 4) is 11.5 Å². The number of nitrogens with zero attached hydrogens (tertiary/aromatic N) is 1. The molecule has 4 nitrogen and oxygen atoms in total. The van der Waals surface area contributed by atoms with Crippen molar-refractivity contribution in [3.05, 3.63) is 23.8 Å². The van der Waals surface area contributed by atoms with E-state index in [2.05, 4.69) is 22.3 Å². The molecule has 0 bridgehead atoms. The van der Waals surface area contributed by atoms with Gasteiger partial charge < -0.3 is 14.8 Å². The third kappa shape index (κ3) is 2.17. The number of hydrogen-bond acceptors (Lipinski definition) is 4. The summed E-state index contributed by atoms with van der Waals surface area (Å²) in [5.74, 6) is 1.86. The van der Waals surface area contributed by atoms with Crippen LogP contribution in [0.2, 0.25) is 0 Å². The van der Waals surface area contributed by atoms with Crippen LogP contribution in [0.15, 0.2) is 18.2 Å². The molecule has 4 rings (SSSR count). The van der Waals surface area contributed by atoms with Crippen LogP contribution in [0.3, 0.4) is 0 Å². The minimum atomic E-state index is 0.363. The van der Waals surface area contributed by atoms with Crippen LogP contribution in [0, 0.1) is 5.41 Å². The number of fused-ring (bicyclic) bond motifs is 1. The Labute approximate surface area is 120 Å². The number of piperidine rings is 1. The van der Waals surface area contributed by atoms with E-state index >= 15 is 0 Å². The summed E-state index contributed by atoms with van der Waals surface area (Å²) in [5.41, 5.74) is 1.84. The molecule has 0 atom stereocenters. The highest BCUT2D eigenvalue weighted by Crippen LogP contribution is 2.41. The molecule has 20 heavy (non-hydrogen) atoms. The Bertz CT molecular complexity index is 497. The van der Waals surface area contributed by atoms with Crippen LogP contribution in [0.5, 0.6) is 11.5 Å². The van der Waals surface area contributed by atoms with Crippen molar-refractivity contribution >= 4 is 0 Å². The zero-order chi connectivity index (χ0) is 13.4. The molecule has 2 saturated heterocycles. The lowest BCUT2D eigenvalue weighted by atomic mass is 9.78. The van der Waals surface area contributed by atoms with Crippen molar-refractivity contribution in [2.75, 3.05) is 33.0 Å². The van der Waals surface area contributed by atoms with Gasteiger partial charge >= 0.3 is 0 Å². The Balaban J connectivity index is 1.47. The highest BCUT2D eigenvalue weighted by atomic mass is 16.7. The Morgan fingerprint density at radius 1 is 1.15 bits per heavy atom. The highest BCUT2D eigenvalue weighted by molar-refractivity contribution is 5.48. The average molecular weight is 274 g/mol. The summed E-state index contributed by atoms with van der Waals surface area (Å²) in [7, 11) is 0. The number of rotatable bonds is 2. The molecule has 0 saturated carbocycles. The Hall–Kier alpha value is -1.26. The van der Waals surface area contributed by atoms with Gasteiger partial charge in [-0.3, -0.25) is 4.90 Å². The normalized spacial score (nSPS) is 24.4. The Kier molecular flexibility index (Phi) is 3.08. The molecule has 3 aliphatic heterocycles. The lowest BCUT2D eigenvalue weighted by Gasteiger charge is -2.34. The average Bonchev–Trinajstić information content (AvgIpc) is 3.08. The van der Waals surface area contributed by atoms with E-state index in [0.29, 0.717) is 12.2 Å². The predicted octanol–water partition coefficient (Wildman–Crippen LogP) is 1.99. The number of para-hydroxylation sites is 1. The molecule has 3 heterocycles. The molecule has 0 aliphatic carbocycles. The number of ether oxygens (including phenoxy) is 2. The molecular weight excluding hydrogens is 252 g/mol. The van der Waals surface area contributed by atoms with Gasteiger partial charge in [0.05, 0.1) is 0 Å². The summed E-state index contributed by atoms with van der Waals surface area (Å²) in [6.07, 6.45) is 4.01. The fourth-order valence-electron chi connectivity index (χ4n) is 3.88. The standard InChI is InChI=1S/C16H22N2O2/c1-2-13(15-14(3-1)19-12-20-15)10-18-9-6-16(11-18)4-7-17-8-5-16/h1-3,17H,4-12H2. The van der Waals surface area contributed by atoms with Crippen molar-refractivity contribution in [2.45, 2.75) is 25.8 Å². The van der Waals surface area contributed by atoms with E-state index in [1.165, 1.54) is 51.0 Å². The van der Waals surface area contributed by atoms with E-state index in [4.69, 9.17) is 9.47 Å². The van der Waals surface area contributed by atoms with E-state index in [1.54, 1.807) is 0 Å². The molecule has 0 aromatic heterocycles. The Morgan fingerprint density at radius 3 is 2.95 bits per heavy atom. The van der Waals surface area contributed by atoms with Crippen LogP contribution in [0.1, 0.15) is 24.8 Å². The van der Waals surface area contributed by atoms with Crippen LogP contribution in [-0.4, -0.2) is 37.9 Å². The van der Waals surface area contributed by atoms with E-state index in [9.17, 15) is 0 Å². The van der Waals surface area contributed by atoms with Crippen molar-refractivity contribution < 1.29 is 9.47 Å². The van der Waals surface area contributed by atoms with Crippen LogP contribution in [-0.2, 0) is 6.54 Å². The molecule has 4 heteroatoms. The third-order valence-electron chi connectivity index (χ3n) is 5.05. The van der Waals surface area contributed by atoms with Gasteiger partial charge in [-0.1, -0.05) is 12.1 Å². The minimum absolute atomic E-state index is 0.363. The monoisotopic (exact) mass is 274 g/mol. The van der Waals surface area contributed by atoms with Gasteiger partial charge in [0.2, 0.25) is 6.79 Å². The topological polar surface area (TPSA) is 33.7 Å². The molecule has 1 aromatic rings. The number of likely N-dealkylation sites (tertiary alicyclic amines) is 1. The minimum Gasteiger partial charge on any atom is -0.454 e. The van der Waals surface area contributed by atoms with Crippen molar-refractivity contribution in [1.29, 1.82) is 0 Å². The number of nitrogens with one attached hydrogen (secondary N) is 1. The second-order valence-electron chi connectivity index (χ2n) is 6.36. The van der Waals surface area contributed by atoms with E-state index in [0.717, 1.165) is 18.0 Å². The van der Waals surface area contributed by atoms with Gasteiger partial charge in [0.1, 0.15) is 0 Å². The largest absolute Gasteiger partial charge is 0.454 e. The van der Waals surface area contributed by atoms with Crippen LogP contribution >= 0.6 is 0 Å². The quantitative estimate of drug-likeness (QED) is 0.894. The Morgan fingerprint density at radius 2 is 2.05 bits per heavy atom. The number of hydrogen-bond donors (Lipinski definition) is 1. The summed E-state index contributed by atoms with van der Waals surface area (Å²) >= 11 is 0. The summed E-state index contributed by atoms with van der Waals surface area (Å²) in [6, 6.07) is 6.23. The van der Waals surface area contributed by atoms with Crippen molar-refractivity contribution in [2.24, 2.45) is 5.41 Å². The van der Waals surface area contributed by atoms with Gasteiger partial charge in [-0.2, -0.15) is 0 Å². The first-order valence-electron chi connectivity index (χ1n) is 7.65. The molecule has 0 radical (unpaired) electrons. The maximum Gasteiger partial charge on any atom is 0.231 e. The summed E-state index contributed by atoms with van der Waals surface area (Å²) < 4.78 is 11.1. The summed E-state index contributed by atoms with van der Waals surface area (Å²) in [4.78, 5) is 2.59. The van der Waals surface area contributed by atoms with Gasteiger partial charge in [0.15, 0.2) is 11.5 Å². The molecule has 2 fully saturated rings. The van der Waals surface area contributed by atoms with Gasteiger partial charge in [-0.05, 0) is 50.4 Å². The smallest absolute Gasteiger partial charge is 0.231 e. The van der Waals surface area contributed by atoms with Gasteiger partial charge in [-0.25, -0.2) is 0 Å². The molecular formula is C16H22N2O2. The van der Waals surface area contributed by atoms with Crippen LogP contribution < -0.4 is 14.8 Å².